The number of rotatable bonds is 5. The topological polar surface area (TPSA) is 169 Å². The van der Waals surface area contributed by atoms with Crippen LogP contribution >= 0.6 is 7.75 Å². The number of H-pyrrole nitrogens is 1. The van der Waals surface area contributed by atoms with Crippen LogP contribution in [-0.4, -0.2) is 58.9 Å². The van der Waals surface area contributed by atoms with Crippen LogP contribution in [0.5, 0.6) is 0 Å². The molecule has 3 rings (SSSR count). The summed E-state index contributed by atoms with van der Waals surface area (Å²) in [6, 6.07) is 1.05. The lowest BCUT2D eigenvalue weighted by Gasteiger charge is -2.18. The molecule has 0 radical (unpaired) electrons. The van der Waals surface area contributed by atoms with Gasteiger partial charge in [-0.15, -0.1) is 0 Å². The molecule has 26 heavy (non-hydrogen) atoms. The van der Waals surface area contributed by atoms with E-state index in [-0.39, 0.29) is 5.82 Å². The first-order valence-corrected chi connectivity index (χ1v) is 9.05. The zero-order valence-corrected chi connectivity index (χ0v) is 14.4. The number of aryl methyl sites for hydroxylation is 1. The third-order valence-corrected chi connectivity index (χ3v) is 5.40. The molecule has 0 bridgehead atoms. The molecule has 3 heterocycles. The highest BCUT2D eigenvalue weighted by atomic mass is 31.2. The quantitative estimate of drug-likeness (QED) is 0.437. The summed E-state index contributed by atoms with van der Waals surface area (Å²) in [6.45, 7) is 0.980. The van der Waals surface area contributed by atoms with E-state index in [0.29, 0.717) is 0 Å². The molecule has 1 aliphatic rings. The van der Waals surface area contributed by atoms with Crippen molar-refractivity contribution in [1.82, 2.24) is 18.9 Å². The van der Waals surface area contributed by atoms with Crippen molar-refractivity contribution in [3.63, 3.8) is 0 Å². The number of hydrogen-bond acceptors (Lipinski definition) is 8. The number of nitrogens with one attached hydrogen (secondary N) is 1. The fourth-order valence-corrected chi connectivity index (χ4v) is 3.71. The molecule has 12 nitrogen and oxygen atoms in total. The second kappa shape index (κ2) is 6.91. The van der Waals surface area contributed by atoms with Crippen molar-refractivity contribution >= 4 is 7.75 Å². The van der Waals surface area contributed by atoms with Gasteiger partial charge in [0.15, 0.2) is 6.23 Å². The first-order chi connectivity index (χ1) is 12.2. The van der Waals surface area contributed by atoms with Gasteiger partial charge < -0.3 is 19.8 Å². The maximum atomic E-state index is 12.2. The zero-order valence-electron chi connectivity index (χ0n) is 13.5. The van der Waals surface area contributed by atoms with E-state index < -0.39 is 50.1 Å². The molecular weight excluding hydrogens is 371 g/mol. The first kappa shape index (κ1) is 18.7. The largest absolute Gasteiger partial charge is 0.437 e. The SMILES string of the molecule is Cc1nccn1P(=O)(O)OC[C@H]1O[C@@H](n2ccc(=O)[nH]c2=O)[C@H](O)[C@@H]1O. The van der Waals surface area contributed by atoms with Gasteiger partial charge in [0.25, 0.3) is 5.56 Å². The van der Waals surface area contributed by atoms with Gasteiger partial charge in [0, 0.05) is 24.7 Å². The Hall–Kier alpha value is -2.08. The zero-order chi connectivity index (χ0) is 19.1. The van der Waals surface area contributed by atoms with Crippen LogP contribution in [0.3, 0.4) is 0 Å². The molecule has 0 aromatic carbocycles. The second-order valence-corrected chi connectivity index (χ2v) is 7.34. The molecule has 0 spiro atoms. The molecule has 5 atom stereocenters. The fourth-order valence-electron chi connectivity index (χ4n) is 2.60. The third kappa shape index (κ3) is 3.43. The number of hydrogen-bond donors (Lipinski definition) is 4. The number of aromatic nitrogens is 4. The smallest absolute Gasteiger partial charge is 0.387 e. The van der Waals surface area contributed by atoms with Gasteiger partial charge in [-0.1, -0.05) is 0 Å². The number of aliphatic hydroxyl groups is 2. The maximum absolute atomic E-state index is 12.2. The Morgan fingerprint density at radius 2 is 2.08 bits per heavy atom. The molecule has 0 amide bonds. The van der Waals surface area contributed by atoms with Gasteiger partial charge in [0.2, 0.25) is 0 Å². The van der Waals surface area contributed by atoms with Crippen LogP contribution in [0.1, 0.15) is 12.1 Å². The summed E-state index contributed by atoms with van der Waals surface area (Å²) in [6.07, 6.45) is -1.78. The number of aliphatic hydroxyl groups excluding tert-OH is 2. The van der Waals surface area contributed by atoms with Gasteiger partial charge in [-0.2, -0.15) is 0 Å². The van der Waals surface area contributed by atoms with Crippen molar-refractivity contribution in [3.8, 4) is 0 Å². The minimum Gasteiger partial charge on any atom is -0.387 e. The van der Waals surface area contributed by atoms with Crippen LogP contribution < -0.4 is 11.2 Å². The minimum absolute atomic E-state index is 0.251. The van der Waals surface area contributed by atoms with Gasteiger partial charge in [0.05, 0.1) is 6.61 Å². The van der Waals surface area contributed by atoms with E-state index in [1.165, 1.54) is 19.3 Å². The Kier molecular flexibility index (Phi) is 4.97. The predicted molar refractivity (Wildman–Crippen MR) is 85.4 cm³/mol. The lowest BCUT2D eigenvalue weighted by atomic mass is 10.1. The standard InChI is InChI=1S/C13H17N4O8P/c1-7-14-3-5-17(7)26(22,23)24-6-8-10(19)11(20)12(25-8)16-4-2-9(18)15-13(16)21/h2-5,8,10-12,19-20H,6H2,1H3,(H,22,23)(H,15,18,21)/t8-,10-,11-,12-/m1/s1. The molecule has 13 heteroatoms. The van der Waals surface area contributed by atoms with Gasteiger partial charge >= 0.3 is 13.4 Å². The number of aromatic amines is 1. The Morgan fingerprint density at radius 1 is 1.35 bits per heavy atom. The van der Waals surface area contributed by atoms with Crippen LogP contribution in [0.25, 0.3) is 0 Å². The molecule has 0 aliphatic carbocycles. The van der Waals surface area contributed by atoms with Crippen LogP contribution in [-0.2, 0) is 13.8 Å². The lowest BCUT2D eigenvalue weighted by molar-refractivity contribution is -0.0527. The molecule has 1 unspecified atom stereocenters. The molecule has 2 aromatic heterocycles. The number of nitrogens with zero attached hydrogens (tertiary/aromatic N) is 3. The summed E-state index contributed by atoms with van der Waals surface area (Å²) >= 11 is 0. The van der Waals surface area contributed by atoms with E-state index in [0.717, 1.165) is 21.2 Å². The van der Waals surface area contributed by atoms with Crippen LogP contribution in [0, 0.1) is 6.92 Å². The van der Waals surface area contributed by atoms with E-state index in [1.807, 2.05) is 4.98 Å². The van der Waals surface area contributed by atoms with Gasteiger partial charge in [-0.05, 0) is 6.92 Å². The summed E-state index contributed by atoms with van der Waals surface area (Å²) in [5.41, 5.74) is -1.46. The van der Waals surface area contributed by atoms with Crippen molar-refractivity contribution < 1.29 is 28.9 Å². The highest BCUT2D eigenvalue weighted by molar-refractivity contribution is 7.51. The normalized spacial score (nSPS) is 28.2. The van der Waals surface area contributed by atoms with Crippen molar-refractivity contribution in [2.24, 2.45) is 0 Å². The Labute approximate surface area is 145 Å². The summed E-state index contributed by atoms with van der Waals surface area (Å²) in [5.74, 6) is 0.251. The summed E-state index contributed by atoms with van der Waals surface area (Å²) in [4.78, 5) is 38.7. The fraction of sp³-hybridized carbons (Fsp3) is 0.462. The first-order valence-electron chi connectivity index (χ1n) is 7.52. The van der Waals surface area contributed by atoms with Crippen LogP contribution in [0.2, 0.25) is 0 Å². The Bertz CT molecular complexity index is 952. The summed E-state index contributed by atoms with van der Waals surface area (Å²) < 4.78 is 24.5. The average molecular weight is 388 g/mol. The Balaban J connectivity index is 1.74. The van der Waals surface area contributed by atoms with E-state index in [2.05, 4.69) is 4.98 Å². The molecule has 1 fully saturated rings. The van der Waals surface area contributed by atoms with Crippen LogP contribution in [0.15, 0.2) is 34.2 Å². The lowest BCUT2D eigenvalue weighted by Crippen LogP contribution is -2.37. The van der Waals surface area contributed by atoms with Crippen molar-refractivity contribution in [3.05, 3.63) is 51.3 Å². The summed E-state index contributed by atoms with van der Waals surface area (Å²) in [7, 11) is -4.28. The molecule has 1 saturated heterocycles. The van der Waals surface area contributed by atoms with E-state index in [1.54, 1.807) is 0 Å². The maximum Gasteiger partial charge on any atom is 0.437 e. The molecule has 0 saturated carbocycles. The van der Waals surface area contributed by atoms with Crippen LogP contribution in [0.4, 0.5) is 0 Å². The average Bonchev–Trinajstić information content (AvgIpc) is 3.12. The molecule has 1 aliphatic heterocycles. The monoisotopic (exact) mass is 388 g/mol. The minimum atomic E-state index is -4.28. The molecular formula is C13H17N4O8P. The van der Waals surface area contributed by atoms with Crippen molar-refractivity contribution in [2.75, 3.05) is 6.61 Å². The van der Waals surface area contributed by atoms with Gasteiger partial charge in [0.1, 0.15) is 24.1 Å². The number of imidazole rings is 1. The Morgan fingerprint density at radius 3 is 2.69 bits per heavy atom. The molecule has 142 valence electrons. The van der Waals surface area contributed by atoms with E-state index in [9.17, 15) is 29.3 Å². The second-order valence-electron chi connectivity index (χ2n) is 5.67. The van der Waals surface area contributed by atoms with E-state index >= 15 is 0 Å². The van der Waals surface area contributed by atoms with Crippen molar-refractivity contribution in [2.45, 2.75) is 31.5 Å². The third-order valence-electron chi connectivity index (χ3n) is 3.94. The highest BCUT2D eigenvalue weighted by Gasteiger charge is 2.45. The molecule has 2 aromatic rings. The highest BCUT2D eigenvalue weighted by Crippen LogP contribution is 2.45. The molecule has 4 N–H and O–H groups in total. The van der Waals surface area contributed by atoms with E-state index in [4.69, 9.17) is 9.26 Å². The number of ether oxygens (including phenoxy) is 1. The summed E-state index contributed by atoms with van der Waals surface area (Å²) in [5, 5.41) is 20.2. The van der Waals surface area contributed by atoms with Crippen molar-refractivity contribution in [1.29, 1.82) is 0 Å². The predicted octanol–water partition coefficient (Wildman–Crippen LogP) is -1.67. The van der Waals surface area contributed by atoms with Gasteiger partial charge in [-0.3, -0.25) is 18.9 Å². The van der Waals surface area contributed by atoms with Gasteiger partial charge in [-0.25, -0.2) is 18.7 Å².